The molecule has 0 fully saturated rings. The predicted octanol–water partition coefficient (Wildman–Crippen LogP) is 5.48. The van der Waals surface area contributed by atoms with E-state index in [0.29, 0.717) is 27.4 Å². The summed E-state index contributed by atoms with van der Waals surface area (Å²) in [5, 5.41) is 9.85. The first-order chi connectivity index (χ1) is 23.5. The minimum Gasteiger partial charge on any atom is -0.493 e. The number of nitrogens with zero attached hydrogens (tertiary/aromatic N) is 1. The number of allylic oxidation sites excluding steroid dienone is 1. The van der Waals surface area contributed by atoms with E-state index >= 15 is 0 Å². The Kier molecular flexibility index (Phi) is 12.9. The molecular formula is C34H34Cl2N4O9. The van der Waals surface area contributed by atoms with Gasteiger partial charge in [0.05, 0.1) is 48.7 Å². The van der Waals surface area contributed by atoms with Crippen LogP contribution in [0.3, 0.4) is 0 Å². The molecule has 0 saturated heterocycles. The van der Waals surface area contributed by atoms with Crippen LogP contribution in [0.25, 0.3) is 0 Å². The van der Waals surface area contributed by atoms with E-state index in [4.69, 9.17) is 46.9 Å². The van der Waals surface area contributed by atoms with Crippen LogP contribution in [0.4, 0.5) is 4.79 Å². The Morgan fingerprint density at radius 3 is 2.35 bits per heavy atom. The van der Waals surface area contributed by atoms with Gasteiger partial charge in [0.25, 0.3) is 5.91 Å². The molecule has 3 aromatic rings. The van der Waals surface area contributed by atoms with E-state index in [1.807, 2.05) is 0 Å². The van der Waals surface area contributed by atoms with Gasteiger partial charge < -0.3 is 34.3 Å². The molecule has 0 spiro atoms. The summed E-state index contributed by atoms with van der Waals surface area (Å²) in [6, 6.07) is 13.3. The third-order valence-electron chi connectivity index (χ3n) is 6.92. The lowest BCUT2D eigenvalue weighted by Crippen LogP contribution is -2.45. The van der Waals surface area contributed by atoms with E-state index < -0.39 is 36.5 Å². The van der Waals surface area contributed by atoms with Crippen molar-refractivity contribution in [3.63, 3.8) is 0 Å². The van der Waals surface area contributed by atoms with Gasteiger partial charge in [-0.3, -0.25) is 4.79 Å². The molecule has 49 heavy (non-hydrogen) atoms. The van der Waals surface area contributed by atoms with Crippen molar-refractivity contribution in [2.45, 2.75) is 33.4 Å². The number of hydrazone groups is 1. The van der Waals surface area contributed by atoms with Crippen LogP contribution in [-0.4, -0.2) is 57.0 Å². The predicted molar refractivity (Wildman–Crippen MR) is 181 cm³/mol. The van der Waals surface area contributed by atoms with Crippen molar-refractivity contribution in [3.8, 4) is 17.2 Å². The maximum absolute atomic E-state index is 12.6. The van der Waals surface area contributed by atoms with Crippen molar-refractivity contribution in [2.75, 3.05) is 26.9 Å². The smallest absolute Gasteiger partial charge is 0.338 e. The Morgan fingerprint density at radius 2 is 1.65 bits per heavy atom. The van der Waals surface area contributed by atoms with Crippen LogP contribution in [0.5, 0.6) is 17.2 Å². The number of carbonyl (C=O) groups excluding carboxylic acids is 4. The number of methoxy groups -OCH3 is 1. The Balaban J connectivity index is 1.39. The molecule has 0 saturated carbocycles. The molecule has 3 aromatic carbocycles. The summed E-state index contributed by atoms with van der Waals surface area (Å²) in [5.41, 5.74) is 5.10. The molecule has 3 N–H and O–H groups in total. The fraction of sp³-hybridized carbons (Fsp3) is 0.265. The van der Waals surface area contributed by atoms with Gasteiger partial charge in [-0.2, -0.15) is 5.10 Å². The summed E-state index contributed by atoms with van der Waals surface area (Å²) in [5.74, 6) is -0.810. The van der Waals surface area contributed by atoms with Crippen molar-refractivity contribution in [2.24, 2.45) is 5.10 Å². The van der Waals surface area contributed by atoms with Crippen molar-refractivity contribution in [1.82, 2.24) is 16.1 Å². The van der Waals surface area contributed by atoms with Crippen molar-refractivity contribution < 1.29 is 42.9 Å². The highest BCUT2D eigenvalue weighted by Gasteiger charge is 2.32. The van der Waals surface area contributed by atoms with Gasteiger partial charge in [0.2, 0.25) is 0 Å². The van der Waals surface area contributed by atoms with Gasteiger partial charge in [0, 0.05) is 16.3 Å². The molecule has 3 amide bonds. The topological polar surface area (TPSA) is 163 Å². The molecule has 1 aliphatic heterocycles. The number of halogens is 2. The van der Waals surface area contributed by atoms with Crippen LogP contribution < -0.4 is 30.3 Å². The summed E-state index contributed by atoms with van der Waals surface area (Å²) in [6.45, 7) is 5.17. The molecule has 0 aromatic heterocycles. The second-order valence-electron chi connectivity index (χ2n) is 10.3. The van der Waals surface area contributed by atoms with Crippen LogP contribution in [-0.2, 0) is 25.7 Å². The number of hydrogen-bond acceptors (Lipinski definition) is 10. The molecule has 0 bridgehead atoms. The quantitative estimate of drug-likeness (QED) is 0.112. The fourth-order valence-electron chi connectivity index (χ4n) is 4.69. The largest absolute Gasteiger partial charge is 0.493 e. The lowest BCUT2D eigenvalue weighted by atomic mass is 9.95. The average Bonchev–Trinajstić information content (AvgIpc) is 3.06. The second kappa shape index (κ2) is 17.2. The number of urea groups is 1. The second-order valence-corrected chi connectivity index (χ2v) is 11.1. The van der Waals surface area contributed by atoms with E-state index in [1.54, 1.807) is 69.3 Å². The molecular weight excluding hydrogens is 679 g/mol. The maximum Gasteiger partial charge on any atom is 0.338 e. The van der Waals surface area contributed by atoms with E-state index in [0.717, 1.165) is 5.56 Å². The molecule has 13 nitrogen and oxygen atoms in total. The SMILES string of the molecule is CCOC(=O)C1=C(C)NC(=O)N[C@H]1c1ccc(OCC(=O)N/N=C/c2cc(Cl)cc(Cl)c2OCc2ccc(C(=O)OCC)cc2)c(OC)c1. The number of hydrogen-bond donors (Lipinski definition) is 3. The van der Waals surface area contributed by atoms with Crippen molar-refractivity contribution in [1.29, 1.82) is 0 Å². The van der Waals surface area contributed by atoms with Crippen LogP contribution in [0.2, 0.25) is 10.0 Å². The molecule has 0 radical (unpaired) electrons. The van der Waals surface area contributed by atoms with E-state index in [9.17, 15) is 19.2 Å². The van der Waals surface area contributed by atoms with Crippen LogP contribution >= 0.6 is 23.2 Å². The summed E-state index contributed by atoms with van der Waals surface area (Å²) >= 11 is 12.6. The third kappa shape index (κ3) is 9.64. The minimum atomic E-state index is -0.806. The monoisotopic (exact) mass is 712 g/mol. The molecule has 15 heteroatoms. The number of ether oxygens (including phenoxy) is 5. The number of rotatable bonds is 14. The lowest BCUT2D eigenvalue weighted by molar-refractivity contribution is -0.139. The highest BCUT2D eigenvalue weighted by molar-refractivity contribution is 6.36. The summed E-state index contributed by atoms with van der Waals surface area (Å²) < 4.78 is 27.2. The van der Waals surface area contributed by atoms with Crippen LogP contribution in [0, 0.1) is 0 Å². The number of benzene rings is 3. The number of nitrogens with one attached hydrogen (secondary N) is 3. The van der Waals surface area contributed by atoms with Gasteiger partial charge in [-0.15, -0.1) is 0 Å². The molecule has 0 aliphatic carbocycles. The van der Waals surface area contributed by atoms with Gasteiger partial charge >= 0.3 is 18.0 Å². The number of carbonyl (C=O) groups is 4. The van der Waals surface area contributed by atoms with E-state index in [-0.39, 0.29) is 47.7 Å². The number of esters is 2. The third-order valence-corrected chi connectivity index (χ3v) is 7.42. The average molecular weight is 714 g/mol. The van der Waals surface area contributed by atoms with Gasteiger partial charge in [-0.05, 0) is 68.3 Å². The van der Waals surface area contributed by atoms with Gasteiger partial charge in [-0.1, -0.05) is 41.4 Å². The Bertz CT molecular complexity index is 1780. The summed E-state index contributed by atoms with van der Waals surface area (Å²) in [7, 11) is 1.42. The fourth-order valence-corrected chi connectivity index (χ4v) is 5.25. The Labute approximate surface area is 292 Å². The maximum atomic E-state index is 12.6. The molecule has 0 unspecified atom stereocenters. The lowest BCUT2D eigenvalue weighted by Gasteiger charge is -2.28. The molecule has 1 aliphatic rings. The highest BCUT2D eigenvalue weighted by Crippen LogP contribution is 2.35. The van der Waals surface area contributed by atoms with Crippen LogP contribution in [0.15, 0.2) is 71.0 Å². The standard InChI is InChI=1S/C34H34Cl2N4O9/c1-5-46-32(42)21-9-7-20(8-10-21)17-49-31-23(13-24(35)15-25(31)36)16-37-40-28(41)18-48-26-12-11-22(14-27(26)45-4)30-29(33(43)47-6-2)19(3)38-34(44)39-30/h7-16,30H,5-6,17-18H2,1-4H3,(H,40,41)(H2,38,39,44)/b37-16+/t30-/m0/s1. The molecule has 1 heterocycles. The zero-order valence-electron chi connectivity index (χ0n) is 27.1. The highest BCUT2D eigenvalue weighted by atomic mass is 35.5. The van der Waals surface area contributed by atoms with Gasteiger partial charge in [0.15, 0.2) is 18.1 Å². The molecule has 1 atom stereocenters. The summed E-state index contributed by atoms with van der Waals surface area (Å²) in [6.07, 6.45) is 1.33. The first kappa shape index (κ1) is 36.6. The first-order valence-corrected chi connectivity index (χ1v) is 15.8. The zero-order chi connectivity index (χ0) is 35.5. The number of amides is 3. The normalized spacial score (nSPS) is 14.1. The van der Waals surface area contributed by atoms with E-state index in [2.05, 4.69) is 21.2 Å². The van der Waals surface area contributed by atoms with E-state index in [1.165, 1.54) is 19.4 Å². The summed E-state index contributed by atoms with van der Waals surface area (Å²) in [4.78, 5) is 49.4. The Morgan fingerprint density at radius 1 is 0.939 bits per heavy atom. The van der Waals surface area contributed by atoms with Gasteiger partial charge in [0.1, 0.15) is 12.4 Å². The minimum absolute atomic E-state index is 0.121. The molecule has 258 valence electrons. The Hall–Kier alpha value is -5.27. The van der Waals surface area contributed by atoms with Crippen LogP contribution in [0.1, 0.15) is 53.9 Å². The van der Waals surface area contributed by atoms with Crippen molar-refractivity contribution >= 4 is 53.3 Å². The first-order valence-electron chi connectivity index (χ1n) is 15.0. The zero-order valence-corrected chi connectivity index (χ0v) is 28.6. The molecule has 4 rings (SSSR count). The van der Waals surface area contributed by atoms with Gasteiger partial charge in [-0.25, -0.2) is 19.8 Å². The van der Waals surface area contributed by atoms with Crippen molar-refractivity contribution in [3.05, 3.63) is 98.2 Å².